The molecule has 12 heteroatoms. The van der Waals surface area contributed by atoms with Crippen molar-refractivity contribution in [2.75, 3.05) is 23.8 Å². The lowest BCUT2D eigenvalue weighted by Gasteiger charge is -2.37. The van der Waals surface area contributed by atoms with E-state index < -0.39 is 47.2 Å². The van der Waals surface area contributed by atoms with Crippen molar-refractivity contribution >= 4 is 53.1 Å². The van der Waals surface area contributed by atoms with Crippen molar-refractivity contribution < 1.29 is 24.0 Å². The predicted molar refractivity (Wildman–Crippen MR) is 205 cm³/mol. The molecule has 50 heavy (non-hydrogen) atoms. The number of carbonyl (C=O) groups excluding carboxylic acids is 5. The fourth-order valence-corrected chi connectivity index (χ4v) is 8.88. The molecule has 2 aliphatic rings. The first kappa shape index (κ1) is 41.7. The molecule has 2 fully saturated rings. The Kier molecular flexibility index (Phi) is 16.5. The minimum Gasteiger partial charge on any atom is -0.363 e. The second kappa shape index (κ2) is 19.8. The number of nitrogens with two attached hydrogens (primary N) is 1. The van der Waals surface area contributed by atoms with Crippen LogP contribution >= 0.6 is 23.5 Å². The van der Waals surface area contributed by atoms with Crippen LogP contribution in [0.1, 0.15) is 92.6 Å². The Morgan fingerprint density at radius 1 is 0.920 bits per heavy atom. The second-order valence-corrected chi connectivity index (χ2v) is 17.9. The average molecular weight is 732 g/mol. The number of likely N-dealkylation sites (tertiary alicyclic amines) is 1. The first-order chi connectivity index (χ1) is 23.6. The molecular formula is C38H61N5O5S2. The van der Waals surface area contributed by atoms with E-state index in [4.69, 9.17) is 5.73 Å². The fourth-order valence-electron chi connectivity index (χ4n) is 6.60. The van der Waals surface area contributed by atoms with Crippen molar-refractivity contribution in [3.8, 4) is 0 Å². The summed E-state index contributed by atoms with van der Waals surface area (Å²) in [5.41, 5.74) is 5.94. The van der Waals surface area contributed by atoms with Crippen LogP contribution in [-0.2, 0) is 24.9 Å². The molecule has 3 rings (SSSR count). The van der Waals surface area contributed by atoms with Crippen LogP contribution in [0.15, 0.2) is 30.3 Å². The van der Waals surface area contributed by atoms with Crippen LogP contribution in [0.5, 0.6) is 0 Å². The van der Waals surface area contributed by atoms with Crippen LogP contribution in [0.3, 0.4) is 0 Å². The number of rotatable bonds is 19. The average Bonchev–Trinajstić information content (AvgIpc) is 3.48. The molecule has 1 aromatic carbocycles. The lowest BCUT2D eigenvalue weighted by atomic mass is 9.82. The topological polar surface area (TPSA) is 151 Å². The van der Waals surface area contributed by atoms with Gasteiger partial charge in [-0.25, -0.2) is 4.79 Å². The maximum absolute atomic E-state index is 14.4. The van der Waals surface area contributed by atoms with Gasteiger partial charge in [0.05, 0.1) is 0 Å². The number of hydrogen-bond acceptors (Lipinski definition) is 7. The molecule has 5 atom stereocenters. The molecule has 1 aromatic rings. The normalized spacial score (nSPS) is 19.8. The summed E-state index contributed by atoms with van der Waals surface area (Å²) in [7, 11) is 0. The van der Waals surface area contributed by atoms with Gasteiger partial charge < -0.3 is 26.6 Å². The number of hydrogen-bond donors (Lipinski definition) is 4. The molecule has 0 radical (unpaired) electrons. The summed E-state index contributed by atoms with van der Waals surface area (Å²) >= 11 is 3.27. The molecule has 5 amide bonds. The first-order valence-electron chi connectivity index (χ1n) is 18.3. The zero-order valence-electron chi connectivity index (χ0n) is 31.2. The highest BCUT2D eigenvalue weighted by atomic mass is 32.2. The Morgan fingerprint density at radius 3 is 2.16 bits per heavy atom. The number of nitrogens with one attached hydrogen (secondary N) is 3. The minimum absolute atomic E-state index is 0.0688. The third kappa shape index (κ3) is 12.5. The number of Topliss-reactive ketones (excluding diaryl/α,β-unsaturated/α-hetero) is 1. The molecule has 1 aliphatic heterocycles. The van der Waals surface area contributed by atoms with E-state index >= 15 is 0 Å². The van der Waals surface area contributed by atoms with Crippen molar-refractivity contribution in [1.82, 2.24) is 20.9 Å². The molecule has 1 heterocycles. The largest absolute Gasteiger partial charge is 0.363 e. The van der Waals surface area contributed by atoms with Gasteiger partial charge >= 0.3 is 6.03 Å². The number of urea groups is 1. The SMILES string of the molecule is CC(C)[C@H]1CCN(C(=O)[C@@H](NC(=O)N[C@H](CSCc2ccccc2)C(C)C)C(C)(C)C)[C@@H]1C(=O)NC(CSCCCC1CCC1)C(=O)C(N)=O. The highest BCUT2D eigenvalue weighted by molar-refractivity contribution is 7.99. The molecule has 1 aliphatic carbocycles. The van der Waals surface area contributed by atoms with Crippen LogP contribution in [-0.4, -0.2) is 82.4 Å². The van der Waals surface area contributed by atoms with E-state index in [2.05, 4.69) is 41.9 Å². The minimum atomic E-state index is -1.09. The summed E-state index contributed by atoms with van der Waals surface area (Å²) in [5, 5.41) is 8.87. The summed E-state index contributed by atoms with van der Waals surface area (Å²) in [6, 6.07) is 6.78. The molecular weight excluding hydrogens is 671 g/mol. The summed E-state index contributed by atoms with van der Waals surface area (Å²) in [6.45, 7) is 14.1. The molecule has 0 spiro atoms. The quantitative estimate of drug-likeness (QED) is 0.110. The smallest absolute Gasteiger partial charge is 0.315 e. The van der Waals surface area contributed by atoms with Gasteiger partial charge in [0.15, 0.2) is 0 Å². The van der Waals surface area contributed by atoms with E-state index in [-0.39, 0.29) is 35.5 Å². The zero-order valence-corrected chi connectivity index (χ0v) is 32.8. The van der Waals surface area contributed by atoms with Gasteiger partial charge in [0.25, 0.3) is 5.91 Å². The third-order valence-electron chi connectivity index (χ3n) is 10.1. The molecule has 5 N–H and O–H groups in total. The highest BCUT2D eigenvalue weighted by Crippen LogP contribution is 2.34. The van der Waals surface area contributed by atoms with Gasteiger partial charge in [-0.2, -0.15) is 23.5 Å². The molecule has 280 valence electrons. The Morgan fingerprint density at radius 2 is 1.60 bits per heavy atom. The number of carbonyl (C=O) groups is 5. The number of primary amides is 1. The molecule has 0 bridgehead atoms. The Hall–Kier alpha value is -2.73. The molecule has 0 aromatic heterocycles. The summed E-state index contributed by atoms with van der Waals surface area (Å²) in [4.78, 5) is 68.2. The van der Waals surface area contributed by atoms with E-state index in [9.17, 15) is 24.0 Å². The lowest BCUT2D eigenvalue weighted by molar-refractivity contribution is -0.144. The number of ketones is 1. The van der Waals surface area contributed by atoms with Crippen LogP contribution < -0.4 is 21.7 Å². The van der Waals surface area contributed by atoms with Crippen molar-refractivity contribution in [3.63, 3.8) is 0 Å². The summed E-state index contributed by atoms with van der Waals surface area (Å²) < 4.78 is 0. The second-order valence-electron chi connectivity index (χ2n) is 15.7. The molecule has 1 unspecified atom stereocenters. The van der Waals surface area contributed by atoms with Crippen molar-refractivity contribution in [1.29, 1.82) is 0 Å². The summed E-state index contributed by atoms with van der Waals surface area (Å²) in [5.74, 6) is 0.702. The Labute approximate surface area is 308 Å². The maximum atomic E-state index is 14.4. The van der Waals surface area contributed by atoms with E-state index in [0.29, 0.717) is 18.7 Å². The Bertz CT molecular complexity index is 1280. The van der Waals surface area contributed by atoms with Gasteiger partial charge in [-0.3, -0.25) is 19.2 Å². The van der Waals surface area contributed by atoms with Crippen molar-refractivity contribution in [3.05, 3.63) is 35.9 Å². The van der Waals surface area contributed by atoms with Gasteiger partial charge in [0.2, 0.25) is 17.6 Å². The Balaban J connectivity index is 1.70. The third-order valence-corrected chi connectivity index (χ3v) is 12.3. The van der Waals surface area contributed by atoms with Gasteiger partial charge in [-0.15, -0.1) is 0 Å². The van der Waals surface area contributed by atoms with Gasteiger partial charge in [-0.1, -0.05) is 98.1 Å². The van der Waals surface area contributed by atoms with Gasteiger partial charge in [0.1, 0.15) is 18.1 Å². The number of amides is 5. The van der Waals surface area contributed by atoms with Crippen molar-refractivity contribution in [2.45, 2.75) is 117 Å². The zero-order chi connectivity index (χ0) is 37.0. The standard InChI is InChI=1S/C38H61N5O5S2/c1-24(2)28-18-19-43(31(28)35(46)40-30(32(44)34(39)45)23-49-20-12-17-26-15-11-16-26)36(47)33(38(5,6)7)42-37(48)41-29(25(3)4)22-50-21-27-13-9-8-10-14-27/h8-10,13-14,24-26,28-31,33H,11-12,15-23H2,1-7H3,(H2,39,45)(H,40,46)(H2,41,42,48)/t28-,29-,30?,31+,33-/m1/s1. The van der Waals surface area contributed by atoms with Crippen LogP contribution in [0.4, 0.5) is 4.79 Å². The van der Waals surface area contributed by atoms with Gasteiger partial charge in [-0.05, 0) is 59.7 Å². The van der Waals surface area contributed by atoms with E-state index in [0.717, 1.165) is 30.3 Å². The number of nitrogens with zero attached hydrogens (tertiary/aromatic N) is 1. The van der Waals surface area contributed by atoms with Crippen LogP contribution in [0.2, 0.25) is 0 Å². The van der Waals surface area contributed by atoms with Crippen molar-refractivity contribution in [2.24, 2.45) is 34.8 Å². The molecule has 1 saturated heterocycles. The van der Waals surface area contributed by atoms with Gasteiger partial charge in [0, 0.05) is 29.8 Å². The van der Waals surface area contributed by atoms with Crippen LogP contribution in [0, 0.1) is 29.1 Å². The maximum Gasteiger partial charge on any atom is 0.315 e. The molecule has 10 nitrogen and oxygen atoms in total. The first-order valence-corrected chi connectivity index (χ1v) is 20.6. The van der Waals surface area contributed by atoms with Crippen LogP contribution in [0.25, 0.3) is 0 Å². The monoisotopic (exact) mass is 731 g/mol. The predicted octanol–water partition coefficient (Wildman–Crippen LogP) is 5.38. The van der Waals surface area contributed by atoms with E-state index in [1.165, 1.54) is 36.6 Å². The lowest BCUT2D eigenvalue weighted by Crippen LogP contribution is -2.61. The fraction of sp³-hybridized carbons (Fsp3) is 0.711. The summed E-state index contributed by atoms with van der Waals surface area (Å²) in [6.07, 6.45) is 6.61. The van der Waals surface area contributed by atoms with E-state index in [1.54, 1.807) is 16.7 Å². The molecule has 1 saturated carbocycles. The number of benzene rings is 1. The number of thioether (sulfide) groups is 2. The van der Waals surface area contributed by atoms with E-state index in [1.807, 2.05) is 52.8 Å². The highest BCUT2D eigenvalue weighted by Gasteiger charge is 2.47.